The predicted molar refractivity (Wildman–Crippen MR) is 73.5 cm³/mol. The Hall–Kier alpha value is -2.24. The van der Waals surface area contributed by atoms with Gasteiger partial charge in [0, 0.05) is 32.8 Å². The maximum atomic E-state index is 10.7. The summed E-state index contributed by atoms with van der Waals surface area (Å²) in [4.78, 5) is 16.0. The minimum atomic E-state index is -0.617. The topological polar surface area (TPSA) is 104 Å². The first-order chi connectivity index (χ1) is 9.58. The molecule has 1 aromatic rings. The molecule has 8 nitrogen and oxygen atoms in total. The molecular weight excluding hydrogens is 262 g/mol. The van der Waals surface area contributed by atoms with Crippen molar-refractivity contribution in [2.75, 3.05) is 45.7 Å². The van der Waals surface area contributed by atoms with Gasteiger partial charge >= 0.3 is 5.69 Å². The van der Waals surface area contributed by atoms with Gasteiger partial charge in [0.15, 0.2) is 0 Å². The quantitative estimate of drug-likeness (QED) is 0.555. The van der Waals surface area contributed by atoms with Gasteiger partial charge < -0.3 is 15.0 Å². The Morgan fingerprint density at radius 1 is 1.55 bits per heavy atom. The molecule has 0 spiro atoms. The summed E-state index contributed by atoms with van der Waals surface area (Å²) in [7, 11) is 3.61. The maximum Gasteiger partial charge on any atom is 0.305 e. The molecule has 1 heterocycles. The minimum Gasteiger partial charge on any atom is -0.383 e. The van der Waals surface area contributed by atoms with Crippen molar-refractivity contribution in [1.82, 2.24) is 9.88 Å². The van der Waals surface area contributed by atoms with E-state index < -0.39 is 4.92 Å². The molecule has 0 saturated carbocycles. The fraction of sp³-hybridized carbons (Fsp3) is 0.500. The number of methoxy groups -OCH3 is 1. The highest BCUT2D eigenvalue weighted by molar-refractivity contribution is 5.50. The third-order valence-corrected chi connectivity index (χ3v) is 2.65. The molecule has 0 bridgehead atoms. The van der Waals surface area contributed by atoms with Gasteiger partial charge in [-0.1, -0.05) is 0 Å². The number of rotatable bonds is 8. The Morgan fingerprint density at radius 3 is 2.90 bits per heavy atom. The Bertz CT molecular complexity index is 500. The van der Waals surface area contributed by atoms with E-state index in [-0.39, 0.29) is 11.4 Å². The number of nitrogens with zero attached hydrogens (tertiary/aromatic N) is 4. The number of pyridine rings is 1. The van der Waals surface area contributed by atoms with Crippen LogP contribution in [0.1, 0.15) is 5.69 Å². The first kappa shape index (κ1) is 15.8. The summed E-state index contributed by atoms with van der Waals surface area (Å²) in [5.41, 5.74) is -0.469. The average molecular weight is 279 g/mol. The molecule has 108 valence electrons. The number of anilines is 1. The SMILES string of the molecule is COCCN(C)CCNc1ccc([N+](=O)[O-])c(C#N)n1. The molecule has 0 aliphatic carbocycles. The van der Waals surface area contributed by atoms with Crippen molar-refractivity contribution in [3.8, 4) is 6.07 Å². The van der Waals surface area contributed by atoms with Crippen LogP contribution in [-0.4, -0.2) is 55.2 Å². The summed E-state index contributed by atoms with van der Waals surface area (Å²) in [6.07, 6.45) is 0. The predicted octanol–water partition coefficient (Wildman–Crippen LogP) is 0.852. The van der Waals surface area contributed by atoms with Gasteiger partial charge in [-0.3, -0.25) is 10.1 Å². The summed E-state index contributed by atoms with van der Waals surface area (Å²) in [5.74, 6) is 0.451. The van der Waals surface area contributed by atoms with Gasteiger partial charge in [-0.2, -0.15) is 5.26 Å². The molecule has 0 unspecified atom stereocenters. The molecule has 1 N–H and O–H groups in total. The molecule has 0 aliphatic heterocycles. The van der Waals surface area contributed by atoms with Crippen LogP contribution in [0.4, 0.5) is 11.5 Å². The fourth-order valence-corrected chi connectivity index (χ4v) is 1.51. The van der Waals surface area contributed by atoms with Crippen molar-refractivity contribution >= 4 is 11.5 Å². The van der Waals surface area contributed by atoms with E-state index in [4.69, 9.17) is 10.00 Å². The standard InChI is InChI=1S/C12H17N5O3/c1-16(7-8-20-2)6-5-14-12-4-3-11(17(18)19)10(9-13)15-12/h3-4H,5-8H2,1-2H3,(H,14,15). The number of hydrogen-bond acceptors (Lipinski definition) is 7. The zero-order valence-corrected chi connectivity index (χ0v) is 11.5. The van der Waals surface area contributed by atoms with Gasteiger partial charge in [0.1, 0.15) is 11.9 Å². The summed E-state index contributed by atoms with van der Waals surface area (Å²) in [6.45, 7) is 2.86. The highest BCUT2D eigenvalue weighted by Gasteiger charge is 2.15. The van der Waals surface area contributed by atoms with Crippen molar-refractivity contribution in [1.29, 1.82) is 5.26 Å². The second kappa shape index (κ2) is 8.04. The van der Waals surface area contributed by atoms with Crippen molar-refractivity contribution in [3.63, 3.8) is 0 Å². The van der Waals surface area contributed by atoms with E-state index in [0.29, 0.717) is 19.0 Å². The number of nitrogens with one attached hydrogen (secondary N) is 1. The third kappa shape index (κ3) is 4.79. The monoisotopic (exact) mass is 279 g/mol. The van der Waals surface area contributed by atoms with Crippen molar-refractivity contribution in [2.45, 2.75) is 0 Å². The summed E-state index contributed by atoms with van der Waals surface area (Å²) in [6, 6.07) is 4.50. The van der Waals surface area contributed by atoms with Gasteiger partial charge in [0.25, 0.3) is 0 Å². The van der Waals surface area contributed by atoms with E-state index in [1.165, 1.54) is 12.1 Å². The molecule has 1 rings (SSSR count). The Labute approximate surface area is 117 Å². The van der Waals surface area contributed by atoms with E-state index >= 15 is 0 Å². The largest absolute Gasteiger partial charge is 0.383 e. The van der Waals surface area contributed by atoms with Crippen molar-refractivity contribution in [2.24, 2.45) is 0 Å². The smallest absolute Gasteiger partial charge is 0.305 e. The molecule has 0 saturated heterocycles. The highest BCUT2D eigenvalue weighted by atomic mass is 16.6. The lowest BCUT2D eigenvalue weighted by Gasteiger charge is -2.16. The second-order valence-electron chi connectivity index (χ2n) is 4.16. The van der Waals surface area contributed by atoms with Crippen LogP contribution in [0.25, 0.3) is 0 Å². The lowest BCUT2D eigenvalue weighted by molar-refractivity contribution is -0.385. The van der Waals surface area contributed by atoms with Gasteiger partial charge in [-0.05, 0) is 13.1 Å². The van der Waals surface area contributed by atoms with Crippen LogP contribution in [0.3, 0.4) is 0 Å². The number of aromatic nitrogens is 1. The molecule has 8 heteroatoms. The number of nitriles is 1. The zero-order chi connectivity index (χ0) is 15.0. The fourth-order valence-electron chi connectivity index (χ4n) is 1.51. The lowest BCUT2D eigenvalue weighted by atomic mass is 10.3. The molecule has 0 fully saturated rings. The van der Waals surface area contributed by atoms with Gasteiger partial charge in [0.2, 0.25) is 5.69 Å². The van der Waals surface area contributed by atoms with Crippen LogP contribution in [-0.2, 0) is 4.74 Å². The number of nitro groups is 1. The van der Waals surface area contributed by atoms with Gasteiger partial charge in [-0.25, -0.2) is 4.98 Å². The molecule has 0 aliphatic rings. The van der Waals surface area contributed by atoms with E-state index in [9.17, 15) is 10.1 Å². The maximum absolute atomic E-state index is 10.7. The minimum absolute atomic E-state index is 0.187. The van der Waals surface area contributed by atoms with Crippen LogP contribution in [0.5, 0.6) is 0 Å². The van der Waals surface area contributed by atoms with Crippen LogP contribution in [0.15, 0.2) is 12.1 Å². The molecule has 0 aromatic carbocycles. The van der Waals surface area contributed by atoms with E-state index in [1.807, 2.05) is 7.05 Å². The summed E-state index contributed by atoms with van der Waals surface area (Å²) < 4.78 is 4.97. The normalized spacial score (nSPS) is 10.3. The first-order valence-corrected chi connectivity index (χ1v) is 6.05. The Balaban J connectivity index is 2.53. The number of likely N-dealkylation sites (N-methyl/N-ethyl adjacent to an activating group) is 1. The van der Waals surface area contributed by atoms with E-state index in [0.717, 1.165) is 13.1 Å². The second-order valence-corrected chi connectivity index (χ2v) is 4.16. The van der Waals surface area contributed by atoms with Crippen LogP contribution in [0.2, 0.25) is 0 Å². The van der Waals surface area contributed by atoms with E-state index in [2.05, 4.69) is 15.2 Å². The van der Waals surface area contributed by atoms with Crippen LogP contribution < -0.4 is 5.32 Å². The Morgan fingerprint density at radius 2 is 2.30 bits per heavy atom. The van der Waals surface area contributed by atoms with Crippen molar-refractivity contribution in [3.05, 3.63) is 27.9 Å². The molecule has 0 atom stereocenters. The average Bonchev–Trinajstić information content (AvgIpc) is 2.44. The van der Waals surface area contributed by atoms with E-state index in [1.54, 1.807) is 13.2 Å². The zero-order valence-electron chi connectivity index (χ0n) is 11.5. The van der Waals surface area contributed by atoms with Gasteiger partial charge in [0.05, 0.1) is 11.5 Å². The molecule has 0 radical (unpaired) electrons. The number of ether oxygens (including phenoxy) is 1. The Kier molecular flexibility index (Phi) is 6.36. The van der Waals surface area contributed by atoms with Crippen LogP contribution in [0, 0.1) is 21.4 Å². The summed E-state index contributed by atoms with van der Waals surface area (Å²) >= 11 is 0. The van der Waals surface area contributed by atoms with Crippen LogP contribution >= 0.6 is 0 Å². The third-order valence-electron chi connectivity index (χ3n) is 2.65. The summed E-state index contributed by atoms with van der Waals surface area (Å²) in [5, 5.41) is 22.5. The first-order valence-electron chi connectivity index (χ1n) is 6.05. The number of hydrogen-bond donors (Lipinski definition) is 1. The molecule has 0 amide bonds. The van der Waals surface area contributed by atoms with Crippen molar-refractivity contribution < 1.29 is 9.66 Å². The molecule has 1 aromatic heterocycles. The molecule has 20 heavy (non-hydrogen) atoms. The lowest BCUT2D eigenvalue weighted by Crippen LogP contribution is -2.28. The molecular formula is C12H17N5O3. The van der Waals surface area contributed by atoms with Gasteiger partial charge in [-0.15, -0.1) is 0 Å². The highest BCUT2D eigenvalue weighted by Crippen LogP contribution is 2.17.